The van der Waals surface area contributed by atoms with Crippen LogP contribution in [0.25, 0.3) is 0 Å². The van der Waals surface area contributed by atoms with E-state index in [1.165, 1.54) is 25.7 Å². The minimum atomic E-state index is 0.676. The first kappa shape index (κ1) is 4.80. The Bertz CT molecular complexity index is 70.4. The van der Waals surface area contributed by atoms with Gasteiger partial charge in [-0.25, -0.2) is 0 Å². The van der Waals surface area contributed by atoms with E-state index in [0.717, 1.165) is 12.5 Å². The van der Waals surface area contributed by atoms with Crippen molar-refractivity contribution in [3.8, 4) is 0 Å². The van der Waals surface area contributed by atoms with E-state index in [9.17, 15) is 0 Å². The summed E-state index contributed by atoms with van der Waals surface area (Å²) in [6.45, 7) is 1.04. The van der Waals surface area contributed by atoms with Gasteiger partial charge in [0.25, 0.3) is 0 Å². The smallest absolute Gasteiger partial charge is 0.0604 e. The minimum absolute atomic E-state index is 0.676. The molecule has 46 valence electrons. The van der Waals surface area contributed by atoms with Crippen molar-refractivity contribution in [1.29, 1.82) is 0 Å². The molecule has 2 aliphatic rings. The van der Waals surface area contributed by atoms with Crippen molar-refractivity contribution in [2.24, 2.45) is 5.92 Å². The van der Waals surface area contributed by atoms with E-state index in [-0.39, 0.29) is 0 Å². The van der Waals surface area contributed by atoms with Gasteiger partial charge in [0.2, 0.25) is 0 Å². The van der Waals surface area contributed by atoms with Crippen LogP contribution in [0.2, 0.25) is 0 Å². The van der Waals surface area contributed by atoms with Crippen LogP contribution in [-0.4, -0.2) is 12.7 Å². The molecule has 0 N–H and O–H groups in total. The van der Waals surface area contributed by atoms with Gasteiger partial charge in [-0.15, -0.1) is 0 Å². The van der Waals surface area contributed by atoms with Crippen LogP contribution < -0.4 is 0 Å². The zero-order valence-corrected chi connectivity index (χ0v) is 5.10. The van der Waals surface area contributed by atoms with Crippen LogP contribution in [0, 0.1) is 5.92 Å². The number of fused-ring (bicyclic) bond motifs is 1. The summed E-state index contributed by atoms with van der Waals surface area (Å²) in [5, 5.41) is 0. The molecule has 0 amide bonds. The van der Waals surface area contributed by atoms with Crippen molar-refractivity contribution in [2.75, 3.05) is 6.61 Å². The van der Waals surface area contributed by atoms with Crippen LogP contribution in [0.4, 0.5) is 0 Å². The molecular formula is C7H12O. The predicted octanol–water partition coefficient (Wildman–Crippen LogP) is 1.58. The normalized spacial score (nSPS) is 45.0. The third-order valence-electron chi connectivity index (χ3n) is 2.41. The van der Waals surface area contributed by atoms with Gasteiger partial charge in [-0.1, -0.05) is 6.42 Å². The Morgan fingerprint density at radius 1 is 1.12 bits per heavy atom. The van der Waals surface area contributed by atoms with E-state index in [0.29, 0.717) is 6.10 Å². The van der Waals surface area contributed by atoms with E-state index in [4.69, 9.17) is 4.74 Å². The molecule has 2 fully saturated rings. The molecule has 2 rings (SSSR count). The largest absolute Gasteiger partial charge is 0.378 e. The topological polar surface area (TPSA) is 9.23 Å². The molecule has 0 aromatic carbocycles. The first-order chi connectivity index (χ1) is 3.97. The summed E-state index contributed by atoms with van der Waals surface area (Å²) in [4.78, 5) is 0. The summed E-state index contributed by atoms with van der Waals surface area (Å²) in [5.74, 6) is 0.954. The molecule has 0 unspecified atom stereocenters. The van der Waals surface area contributed by atoms with Crippen LogP contribution in [0.5, 0.6) is 0 Å². The summed E-state index contributed by atoms with van der Waals surface area (Å²) in [7, 11) is 0. The Labute approximate surface area is 50.0 Å². The maximum atomic E-state index is 5.48. The maximum Gasteiger partial charge on any atom is 0.0604 e. The van der Waals surface area contributed by atoms with Crippen LogP contribution in [0.15, 0.2) is 0 Å². The van der Waals surface area contributed by atoms with Crippen molar-refractivity contribution in [3.63, 3.8) is 0 Å². The van der Waals surface area contributed by atoms with Gasteiger partial charge < -0.3 is 4.74 Å². The van der Waals surface area contributed by atoms with Crippen molar-refractivity contribution in [1.82, 2.24) is 0 Å². The Morgan fingerprint density at radius 2 is 2.12 bits per heavy atom. The predicted molar refractivity (Wildman–Crippen MR) is 31.7 cm³/mol. The standard InChI is InChI=1S/C7H12O/c1-2-6-4-5-8-7(6)3-1/h6-7H,1-5H2/t6-,7+/m1/s1. The van der Waals surface area contributed by atoms with Crippen LogP contribution >= 0.6 is 0 Å². The Balaban J connectivity index is 2.04. The van der Waals surface area contributed by atoms with Crippen LogP contribution in [0.1, 0.15) is 25.7 Å². The van der Waals surface area contributed by atoms with Gasteiger partial charge in [-0.3, -0.25) is 0 Å². The van der Waals surface area contributed by atoms with Crippen molar-refractivity contribution in [2.45, 2.75) is 31.8 Å². The highest BCUT2D eigenvalue weighted by atomic mass is 16.5. The van der Waals surface area contributed by atoms with Crippen LogP contribution in [-0.2, 0) is 4.74 Å². The molecule has 0 bridgehead atoms. The lowest BCUT2D eigenvalue weighted by Crippen LogP contribution is -2.06. The average molecular weight is 112 g/mol. The minimum Gasteiger partial charge on any atom is -0.378 e. The van der Waals surface area contributed by atoms with Gasteiger partial charge >= 0.3 is 0 Å². The lowest BCUT2D eigenvalue weighted by Gasteiger charge is -2.04. The van der Waals surface area contributed by atoms with E-state index in [2.05, 4.69) is 0 Å². The molecule has 0 aromatic heterocycles. The second-order valence-electron chi connectivity index (χ2n) is 2.89. The number of rotatable bonds is 0. The molecule has 1 aliphatic heterocycles. The number of hydrogen-bond acceptors (Lipinski definition) is 1. The van der Waals surface area contributed by atoms with E-state index < -0.39 is 0 Å². The summed E-state index contributed by atoms with van der Waals surface area (Å²) >= 11 is 0. The SMILES string of the molecule is C1C[C@@H]2CCO[C@H]2C1. The highest BCUT2D eigenvalue weighted by Crippen LogP contribution is 2.35. The Hall–Kier alpha value is -0.0400. The molecule has 1 nitrogen and oxygen atoms in total. The highest BCUT2D eigenvalue weighted by molar-refractivity contribution is 4.81. The van der Waals surface area contributed by atoms with Gasteiger partial charge in [0.05, 0.1) is 6.10 Å². The molecule has 0 spiro atoms. The van der Waals surface area contributed by atoms with Crippen molar-refractivity contribution >= 4 is 0 Å². The summed E-state index contributed by atoms with van der Waals surface area (Å²) in [6.07, 6.45) is 6.20. The molecule has 8 heavy (non-hydrogen) atoms. The quantitative estimate of drug-likeness (QED) is 0.462. The van der Waals surface area contributed by atoms with Gasteiger partial charge in [-0.05, 0) is 25.2 Å². The zero-order chi connectivity index (χ0) is 5.40. The fourth-order valence-electron chi connectivity index (χ4n) is 1.92. The van der Waals surface area contributed by atoms with Gasteiger partial charge in [-0.2, -0.15) is 0 Å². The zero-order valence-electron chi connectivity index (χ0n) is 5.10. The first-order valence-electron chi connectivity index (χ1n) is 3.58. The number of ether oxygens (including phenoxy) is 1. The Morgan fingerprint density at radius 3 is 3.00 bits per heavy atom. The third-order valence-corrected chi connectivity index (χ3v) is 2.41. The second-order valence-corrected chi connectivity index (χ2v) is 2.89. The van der Waals surface area contributed by atoms with E-state index in [1.807, 2.05) is 0 Å². The molecule has 1 heteroatoms. The molecule has 1 heterocycles. The molecule has 1 saturated carbocycles. The van der Waals surface area contributed by atoms with Gasteiger partial charge in [0.15, 0.2) is 0 Å². The molecule has 2 atom stereocenters. The Kier molecular flexibility index (Phi) is 1.04. The molecule has 0 aromatic rings. The lowest BCUT2D eigenvalue weighted by molar-refractivity contribution is 0.103. The van der Waals surface area contributed by atoms with Crippen LogP contribution in [0.3, 0.4) is 0 Å². The monoisotopic (exact) mass is 112 g/mol. The molecule has 1 aliphatic carbocycles. The highest BCUT2D eigenvalue weighted by Gasteiger charge is 2.31. The van der Waals surface area contributed by atoms with Gasteiger partial charge in [0.1, 0.15) is 0 Å². The third kappa shape index (κ3) is 0.576. The molecule has 0 radical (unpaired) electrons. The fraction of sp³-hybridized carbons (Fsp3) is 1.00. The second kappa shape index (κ2) is 1.73. The molecule has 1 saturated heterocycles. The number of hydrogen-bond donors (Lipinski definition) is 0. The molecular weight excluding hydrogens is 100 g/mol. The van der Waals surface area contributed by atoms with Crippen molar-refractivity contribution < 1.29 is 4.74 Å². The maximum absolute atomic E-state index is 5.48. The van der Waals surface area contributed by atoms with Crippen molar-refractivity contribution in [3.05, 3.63) is 0 Å². The van der Waals surface area contributed by atoms with Gasteiger partial charge in [0, 0.05) is 6.61 Å². The lowest BCUT2D eigenvalue weighted by atomic mass is 10.1. The van der Waals surface area contributed by atoms with E-state index >= 15 is 0 Å². The summed E-state index contributed by atoms with van der Waals surface area (Å²) in [5.41, 5.74) is 0. The van der Waals surface area contributed by atoms with E-state index in [1.54, 1.807) is 0 Å². The fourth-order valence-corrected chi connectivity index (χ4v) is 1.92. The average Bonchev–Trinajstić information content (AvgIpc) is 2.15. The summed E-state index contributed by atoms with van der Waals surface area (Å²) in [6, 6.07) is 0. The first-order valence-corrected chi connectivity index (χ1v) is 3.58. The summed E-state index contributed by atoms with van der Waals surface area (Å²) < 4.78 is 5.48.